The first kappa shape index (κ1) is 12.1. The Kier molecular flexibility index (Phi) is 2.96. The quantitative estimate of drug-likeness (QED) is 0.935. The number of nitrogens with zero attached hydrogens (tertiary/aromatic N) is 1. The molecule has 1 aromatic heterocycles. The van der Waals surface area contributed by atoms with Crippen LogP contribution in [0.4, 0.5) is 4.39 Å². The fourth-order valence-corrected chi connectivity index (χ4v) is 3.01. The number of amides is 1. The normalized spacial score (nSPS) is 16.0. The zero-order valence-electron chi connectivity index (χ0n) is 10.0. The van der Waals surface area contributed by atoms with Gasteiger partial charge in [-0.1, -0.05) is 6.07 Å². The predicted octanol–water partition coefficient (Wildman–Crippen LogP) is 3.07. The maximum atomic E-state index is 13.1. The fourth-order valence-electron chi connectivity index (χ4n) is 2.01. The van der Waals surface area contributed by atoms with Gasteiger partial charge in [0.05, 0.1) is 10.9 Å². The van der Waals surface area contributed by atoms with Crippen molar-refractivity contribution in [3.05, 3.63) is 35.0 Å². The summed E-state index contributed by atoms with van der Waals surface area (Å²) in [7, 11) is 0. The second kappa shape index (κ2) is 4.63. The zero-order valence-corrected chi connectivity index (χ0v) is 10.8. The molecule has 19 heavy (non-hydrogen) atoms. The van der Waals surface area contributed by atoms with Gasteiger partial charge in [0.1, 0.15) is 11.9 Å². The molecule has 3 nitrogen and oxygen atoms in total. The third-order valence-electron chi connectivity index (χ3n) is 3.23. The molecule has 1 atom stereocenters. The van der Waals surface area contributed by atoms with Gasteiger partial charge in [0.25, 0.3) is 5.91 Å². The van der Waals surface area contributed by atoms with Crippen molar-refractivity contribution in [1.82, 2.24) is 5.32 Å². The molecule has 1 amide bonds. The SMILES string of the molecule is N#CC(NC(=O)c1cc2ccc(F)cc2s1)C1CC1. The topological polar surface area (TPSA) is 52.9 Å². The summed E-state index contributed by atoms with van der Waals surface area (Å²) in [5.41, 5.74) is 0. The molecule has 0 aliphatic heterocycles. The molecule has 1 N–H and O–H groups in total. The summed E-state index contributed by atoms with van der Waals surface area (Å²) < 4.78 is 13.8. The van der Waals surface area contributed by atoms with Crippen LogP contribution in [0, 0.1) is 23.1 Å². The molecule has 5 heteroatoms. The number of carbonyl (C=O) groups excluding carboxylic acids is 1. The standard InChI is InChI=1S/C14H11FN2OS/c15-10-4-3-9-5-13(19-12(9)6-10)14(18)17-11(7-16)8-1-2-8/h3-6,8,11H,1-2H2,(H,17,18). The summed E-state index contributed by atoms with van der Waals surface area (Å²) >= 11 is 1.24. The minimum absolute atomic E-state index is 0.250. The second-order valence-electron chi connectivity index (χ2n) is 4.71. The van der Waals surface area contributed by atoms with Gasteiger partial charge in [0.15, 0.2) is 0 Å². The van der Waals surface area contributed by atoms with Gasteiger partial charge in [-0.2, -0.15) is 5.26 Å². The van der Waals surface area contributed by atoms with Crippen LogP contribution in [-0.2, 0) is 0 Å². The highest BCUT2D eigenvalue weighted by molar-refractivity contribution is 7.20. The number of fused-ring (bicyclic) bond motifs is 1. The molecule has 1 aliphatic rings. The molecule has 1 unspecified atom stereocenters. The van der Waals surface area contributed by atoms with E-state index in [1.165, 1.54) is 23.5 Å². The number of halogens is 1. The van der Waals surface area contributed by atoms with Crippen molar-refractivity contribution in [2.24, 2.45) is 5.92 Å². The van der Waals surface area contributed by atoms with Gasteiger partial charge in [-0.25, -0.2) is 4.39 Å². The maximum absolute atomic E-state index is 13.1. The first-order valence-electron chi connectivity index (χ1n) is 6.07. The van der Waals surface area contributed by atoms with Gasteiger partial charge < -0.3 is 5.32 Å². The van der Waals surface area contributed by atoms with Crippen molar-refractivity contribution < 1.29 is 9.18 Å². The number of rotatable bonds is 3. The summed E-state index contributed by atoms with van der Waals surface area (Å²) in [6.45, 7) is 0. The predicted molar refractivity (Wildman–Crippen MR) is 71.4 cm³/mol. The number of thiophene rings is 1. The lowest BCUT2D eigenvalue weighted by Crippen LogP contribution is -2.34. The maximum Gasteiger partial charge on any atom is 0.262 e. The molecule has 0 radical (unpaired) electrons. The van der Waals surface area contributed by atoms with Crippen molar-refractivity contribution >= 4 is 27.3 Å². The second-order valence-corrected chi connectivity index (χ2v) is 5.79. The highest BCUT2D eigenvalue weighted by atomic mass is 32.1. The molecule has 1 heterocycles. The summed E-state index contributed by atoms with van der Waals surface area (Å²) in [6.07, 6.45) is 1.99. The molecule has 1 aliphatic carbocycles. The first-order chi connectivity index (χ1) is 9.17. The molecule has 0 bridgehead atoms. The van der Waals surface area contributed by atoms with Gasteiger partial charge in [-0.3, -0.25) is 4.79 Å². The number of carbonyl (C=O) groups is 1. The van der Waals surface area contributed by atoms with E-state index in [4.69, 9.17) is 5.26 Å². The van der Waals surface area contributed by atoms with E-state index >= 15 is 0 Å². The molecular weight excluding hydrogens is 263 g/mol. The van der Waals surface area contributed by atoms with Crippen molar-refractivity contribution in [2.45, 2.75) is 18.9 Å². The smallest absolute Gasteiger partial charge is 0.262 e. The molecular formula is C14H11FN2OS. The van der Waals surface area contributed by atoms with E-state index in [2.05, 4.69) is 11.4 Å². The molecule has 1 saturated carbocycles. The van der Waals surface area contributed by atoms with Crippen LogP contribution in [0.2, 0.25) is 0 Å². The highest BCUT2D eigenvalue weighted by Gasteiger charge is 2.32. The van der Waals surface area contributed by atoms with Crippen LogP contribution in [0.25, 0.3) is 10.1 Å². The Morgan fingerprint density at radius 1 is 1.47 bits per heavy atom. The third kappa shape index (κ3) is 2.45. The number of hydrogen-bond acceptors (Lipinski definition) is 3. The van der Waals surface area contributed by atoms with Crippen molar-refractivity contribution in [2.75, 3.05) is 0 Å². The Labute approximate surface area is 113 Å². The Hall–Kier alpha value is -1.93. The van der Waals surface area contributed by atoms with Crippen LogP contribution < -0.4 is 5.32 Å². The molecule has 1 aromatic carbocycles. The average molecular weight is 274 g/mol. The lowest BCUT2D eigenvalue weighted by Gasteiger charge is -2.08. The van der Waals surface area contributed by atoms with Gasteiger partial charge in [0, 0.05) is 4.70 Å². The number of benzene rings is 1. The summed E-state index contributed by atoms with van der Waals surface area (Å²) in [4.78, 5) is 12.6. The average Bonchev–Trinajstić information content (AvgIpc) is 3.15. The van der Waals surface area contributed by atoms with Gasteiger partial charge in [-0.05, 0) is 42.3 Å². The third-order valence-corrected chi connectivity index (χ3v) is 4.32. The molecule has 0 saturated heterocycles. The van der Waals surface area contributed by atoms with E-state index in [1.807, 2.05) is 0 Å². The lowest BCUT2D eigenvalue weighted by molar-refractivity contribution is 0.0946. The Morgan fingerprint density at radius 3 is 2.95 bits per heavy atom. The van der Waals surface area contributed by atoms with E-state index in [0.29, 0.717) is 10.8 Å². The largest absolute Gasteiger partial charge is 0.335 e. The Bertz CT molecular complexity index is 684. The lowest BCUT2D eigenvalue weighted by atomic mass is 10.2. The molecule has 3 rings (SSSR count). The van der Waals surface area contributed by atoms with Gasteiger partial charge >= 0.3 is 0 Å². The highest BCUT2D eigenvalue weighted by Crippen LogP contribution is 2.33. The van der Waals surface area contributed by atoms with Gasteiger partial charge in [0.2, 0.25) is 0 Å². The number of nitrogens with one attached hydrogen (secondary N) is 1. The van der Waals surface area contributed by atoms with Crippen LogP contribution in [0.5, 0.6) is 0 Å². The van der Waals surface area contributed by atoms with Crippen molar-refractivity contribution in [1.29, 1.82) is 5.26 Å². The van der Waals surface area contributed by atoms with Crippen LogP contribution >= 0.6 is 11.3 Å². The number of nitriles is 1. The molecule has 2 aromatic rings. The van der Waals surface area contributed by atoms with E-state index < -0.39 is 6.04 Å². The fraction of sp³-hybridized carbons (Fsp3) is 0.286. The Balaban J connectivity index is 1.83. The van der Waals surface area contributed by atoms with E-state index in [0.717, 1.165) is 22.9 Å². The first-order valence-corrected chi connectivity index (χ1v) is 6.88. The summed E-state index contributed by atoms with van der Waals surface area (Å²) in [5, 5.41) is 12.6. The Morgan fingerprint density at radius 2 is 2.26 bits per heavy atom. The van der Waals surface area contributed by atoms with Crippen molar-refractivity contribution in [3.8, 4) is 6.07 Å². The van der Waals surface area contributed by atoms with E-state index in [-0.39, 0.29) is 11.7 Å². The van der Waals surface area contributed by atoms with Crippen LogP contribution in [-0.4, -0.2) is 11.9 Å². The summed E-state index contributed by atoms with van der Waals surface area (Å²) in [6, 6.07) is 7.89. The van der Waals surface area contributed by atoms with Crippen LogP contribution in [0.3, 0.4) is 0 Å². The minimum Gasteiger partial charge on any atom is -0.335 e. The molecule has 0 spiro atoms. The van der Waals surface area contributed by atoms with Gasteiger partial charge in [-0.15, -0.1) is 11.3 Å². The van der Waals surface area contributed by atoms with E-state index in [1.54, 1.807) is 12.1 Å². The summed E-state index contributed by atoms with van der Waals surface area (Å²) in [5.74, 6) is -0.268. The van der Waals surface area contributed by atoms with Crippen molar-refractivity contribution in [3.63, 3.8) is 0 Å². The van der Waals surface area contributed by atoms with E-state index in [9.17, 15) is 9.18 Å². The monoisotopic (exact) mass is 274 g/mol. The van der Waals surface area contributed by atoms with Crippen LogP contribution in [0.1, 0.15) is 22.5 Å². The number of hydrogen-bond donors (Lipinski definition) is 1. The van der Waals surface area contributed by atoms with Crippen LogP contribution in [0.15, 0.2) is 24.3 Å². The zero-order chi connectivity index (χ0) is 13.4. The minimum atomic E-state index is -0.408. The molecule has 1 fully saturated rings. The molecule has 96 valence electrons.